The van der Waals surface area contributed by atoms with Gasteiger partial charge in [0.1, 0.15) is 5.75 Å². The number of nitrogens with zero attached hydrogens (tertiary/aromatic N) is 5. The maximum absolute atomic E-state index is 5.34. The van der Waals surface area contributed by atoms with Crippen molar-refractivity contribution < 1.29 is 4.74 Å². The van der Waals surface area contributed by atoms with Crippen LogP contribution in [0.4, 0.5) is 5.95 Å². The first-order chi connectivity index (χ1) is 13.3. The lowest BCUT2D eigenvalue weighted by Crippen LogP contribution is -2.04. The van der Waals surface area contributed by atoms with E-state index in [4.69, 9.17) is 4.74 Å². The van der Waals surface area contributed by atoms with Crippen LogP contribution in [-0.4, -0.2) is 33.5 Å². The Labute approximate surface area is 156 Å². The van der Waals surface area contributed by atoms with E-state index in [0.717, 1.165) is 33.3 Å². The number of anilines is 1. The number of tetrazole rings is 1. The second kappa shape index (κ2) is 7.25. The monoisotopic (exact) mass is 358 g/mol. The number of hydrogen-bond acceptors (Lipinski definition) is 6. The van der Waals surface area contributed by atoms with E-state index in [2.05, 4.69) is 38.2 Å². The van der Waals surface area contributed by atoms with Crippen LogP contribution in [0.3, 0.4) is 0 Å². The minimum Gasteiger partial charge on any atom is -0.496 e. The molecule has 0 bridgehead atoms. The minimum atomic E-state index is 0.432. The molecule has 4 rings (SSSR count). The van der Waals surface area contributed by atoms with Crippen molar-refractivity contribution in [1.29, 1.82) is 0 Å². The van der Waals surface area contributed by atoms with Gasteiger partial charge in [-0.15, -0.1) is 0 Å². The third kappa shape index (κ3) is 3.35. The summed E-state index contributed by atoms with van der Waals surface area (Å²) >= 11 is 0. The zero-order valence-corrected chi connectivity index (χ0v) is 15.0. The molecular formula is C20H18N6O. The Hall–Kier alpha value is -3.74. The average molecular weight is 358 g/mol. The first-order valence-corrected chi connectivity index (χ1v) is 8.46. The van der Waals surface area contributed by atoms with E-state index in [0.29, 0.717) is 5.95 Å². The third-order valence-electron chi connectivity index (χ3n) is 4.27. The summed E-state index contributed by atoms with van der Waals surface area (Å²) in [5.74, 6) is 1.25. The lowest BCUT2D eigenvalue weighted by molar-refractivity contribution is 0.411. The largest absolute Gasteiger partial charge is 0.496 e. The Kier molecular flexibility index (Phi) is 4.49. The summed E-state index contributed by atoms with van der Waals surface area (Å²) in [5.41, 5.74) is 5.78. The minimum absolute atomic E-state index is 0.432. The van der Waals surface area contributed by atoms with Crippen molar-refractivity contribution >= 4 is 22.9 Å². The van der Waals surface area contributed by atoms with Gasteiger partial charge in [-0.3, -0.25) is 0 Å². The van der Waals surface area contributed by atoms with E-state index in [1.165, 1.54) is 0 Å². The molecule has 0 aliphatic rings. The highest BCUT2D eigenvalue weighted by molar-refractivity contribution is 5.90. The molecule has 0 fully saturated rings. The van der Waals surface area contributed by atoms with Crippen molar-refractivity contribution in [3.63, 3.8) is 0 Å². The predicted molar refractivity (Wildman–Crippen MR) is 106 cm³/mol. The van der Waals surface area contributed by atoms with Gasteiger partial charge in [-0.1, -0.05) is 53.6 Å². The van der Waals surface area contributed by atoms with E-state index in [-0.39, 0.29) is 0 Å². The van der Waals surface area contributed by atoms with Crippen LogP contribution in [0, 0.1) is 6.92 Å². The summed E-state index contributed by atoms with van der Waals surface area (Å²) in [7, 11) is 1.65. The molecule has 134 valence electrons. The predicted octanol–water partition coefficient (Wildman–Crippen LogP) is 3.58. The summed E-state index contributed by atoms with van der Waals surface area (Å²) in [5, 5.41) is 18.3. The van der Waals surface area contributed by atoms with E-state index in [1.54, 1.807) is 18.0 Å². The van der Waals surface area contributed by atoms with Gasteiger partial charge in [0, 0.05) is 5.39 Å². The lowest BCUT2D eigenvalue weighted by Gasteiger charge is -2.07. The molecule has 4 aromatic rings. The number of nitrogens with one attached hydrogen (secondary N) is 1. The number of fused-ring (bicyclic) bond motifs is 1. The smallest absolute Gasteiger partial charge is 0.268 e. The Morgan fingerprint density at radius 1 is 1.07 bits per heavy atom. The van der Waals surface area contributed by atoms with Gasteiger partial charge in [0.2, 0.25) is 0 Å². The highest BCUT2D eigenvalue weighted by Crippen LogP contribution is 2.23. The standard InChI is InChI=1S/C20H18N6O/c1-14-10-11-15(12-19(14)27-2)13-21-22-20-23-24-25-26(20)18-9-5-7-16-6-3-4-8-17(16)18/h3-13H,1-2H3,(H,22,23,25)/b21-13-. The van der Waals surface area contributed by atoms with Crippen molar-refractivity contribution in [2.24, 2.45) is 5.10 Å². The molecule has 1 heterocycles. The van der Waals surface area contributed by atoms with Crippen molar-refractivity contribution in [3.05, 3.63) is 71.8 Å². The van der Waals surface area contributed by atoms with Gasteiger partial charge in [-0.25, -0.2) is 5.43 Å². The van der Waals surface area contributed by atoms with Gasteiger partial charge < -0.3 is 4.74 Å². The van der Waals surface area contributed by atoms with Crippen molar-refractivity contribution in [2.75, 3.05) is 12.5 Å². The SMILES string of the molecule is COc1cc(/C=N\Nc2nnnn2-c2cccc3ccccc23)ccc1C. The fourth-order valence-electron chi connectivity index (χ4n) is 2.89. The Morgan fingerprint density at radius 2 is 1.93 bits per heavy atom. The molecule has 7 nitrogen and oxygen atoms in total. The van der Waals surface area contributed by atoms with Crippen molar-refractivity contribution in [3.8, 4) is 11.4 Å². The first kappa shape index (κ1) is 16.7. The zero-order chi connectivity index (χ0) is 18.6. The molecule has 0 aliphatic carbocycles. The molecule has 0 amide bonds. The van der Waals surface area contributed by atoms with Gasteiger partial charge in [0.15, 0.2) is 0 Å². The molecule has 0 spiro atoms. The average Bonchev–Trinajstić information content (AvgIpc) is 3.17. The van der Waals surface area contributed by atoms with Crippen LogP contribution in [0.1, 0.15) is 11.1 Å². The van der Waals surface area contributed by atoms with Gasteiger partial charge >= 0.3 is 0 Å². The van der Waals surface area contributed by atoms with Crippen LogP contribution < -0.4 is 10.2 Å². The molecule has 0 aliphatic heterocycles. The zero-order valence-electron chi connectivity index (χ0n) is 15.0. The summed E-state index contributed by atoms with van der Waals surface area (Å²) in [4.78, 5) is 0. The lowest BCUT2D eigenvalue weighted by atomic mass is 10.1. The molecule has 0 unspecified atom stereocenters. The van der Waals surface area contributed by atoms with Crippen LogP contribution in [0.25, 0.3) is 16.5 Å². The summed E-state index contributed by atoms with van der Waals surface area (Å²) < 4.78 is 6.97. The second-order valence-corrected chi connectivity index (χ2v) is 6.01. The molecule has 1 aromatic heterocycles. The topological polar surface area (TPSA) is 77.2 Å². The number of methoxy groups -OCH3 is 1. The van der Waals surface area contributed by atoms with Crippen LogP contribution in [-0.2, 0) is 0 Å². The van der Waals surface area contributed by atoms with E-state index in [9.17, 15) is 0 Å². The molecule has 0 saturated heterocycles. The van der Waals surface area contributed by atoms with Crippen molar-refractivity contribution in [1.82, 2.24) is 20.2 Å². The fourth-order valence-corrected chi connectivity index (χ4v) is 2.89. The molecule has 0 atom stereocenters. The second-order valence-electron chi connectivity index (χ2n) is 6.01. The molecule has 3 aromatic carbocycles. The molecular weight excluding hydrogens is 340 g/mol. The number of aryl methyl sites for hydroxylation is 1. The number of benzene rings is 3. The summed E-state index contributed by atoms with van der Waals surface area (Å²) in [6.07, 6.45) is 1.70. The van der Waals surface area contributed by atoms with Crippen molar-refractivity contribution in [2.45, 2.75) is 6.92 Å². The highest BCUT2D eigenvalue weighted by Gasteiger charge is 2.10. The van der Waals surface area contributed by atoms with Gasteiger partial charge in [-0.2, -0.15) is 9.78 Å². The van der Waals surface area contributed by atoms with Gasteiger partial charge in [-0.05, 0) is 46.0 Å². The summed E-state index contributed by atoms with van der Waals surface area (Å²) in [6, 6.07) is 20.0. The number of aromatic nitrogens is 4. The highest BCUT2D eigenvalue weighted by atomic mass is 16.5. The Balaban J connectivity index is 1.61. The fraction of sp³-hybridized carbons (Fsp3) is 0.100. The van der Waals surface area contributed by atoms with Crippen LogP contribution in [0.5, 0.6) is 5.75 Å². The molecule has 0 saturated carbocycles. The van der Waals surface area contributed by atoms with Gasteiger partial charge in [0.05, 0.1) is 19.0 Å². The Morgan fingerprint density at radius 3 is 2.81 bits per heavy atom. The number of hydrogen-bond donors (Lipinski definition) is 1. The number of rotatable bonds is 5. The molecule has 27 heavy (non-hydrogen) atoms. The van der Waals surface area contributed by atoms with Gasteiger partial charge in [0.25, 0.3) is 5.95 Å². The van der Waals surface area contributed by atoms with Crippen LogP contribution >= 0.6 is 0 Å². The third-order valence-corrected chi connectivity index (χ3v) is 4.27. The first-order valence-electron chi connectivity index (χ1n) is 8.46. The van der Waals surface area contributed by atoms with Crippen LogP contribution in [0.15, 0.2) is 65.8 Å². The van der Waals surface area contributed by atoms with Crippen LogP contribution in [0.2, 0.25) is 0 Å². The molecule has 1 N–H and O–H groups in total. The maximum Gasteiger partial charge on any atom is 0.268 e. The van der Waals surface area contributed by atoms with E-state index in [1.807, 2.05) is 55.5 Å². The molecule has 7 heteroatoms. The summed E-state index contributed by atoms with van der Waals surface area (Å²) in [6.45, 7) is 2.00. The number of ether oxygens (including phenoxy) is 1. The molecule has 0 radical (unpaired) electrons. The van der Waals surface area contributed by atoms with E-state index < -0.39 is 0 Å². The number of hydrazone groups is 1. The maximum atomic E-state index is 5.34. The normalized spacial score (nSPS) is 11.2. The Bertz CT molecular complexity index is 1110. The quantitative estimate of drug-likeness (QED) is 0.436. The van der Waals surface area contributed by atoms with E-state index >= 15 is 0 Å².